The summed E-state index contributed by atoms with van der Waals surface area (Å²) in [6.45, 7) is 11.5. The van der Waals surface area contributed by atoms with Crippen molar-refractivity contribution >= 4 is 0 Å². The molecular formula is C15H27N3O. The van der Waals surface area contributed by atoms with E-state index in [-0.39, 0.29) is 11.0 Å². The molecule has 0 spiro atoms. The molecule has 0 saturated carbocycles. The fourth-order valence-corrected chi connectivity index (χ4v) is 2.68. The molecule has 4 nitrogen and oxygen atoms in total. The van der Waals surface area contributed by atoms with Crippen molar-refractivity contribution in [1.82, 2.24) is 15.1 Å². The molecule has 0 bridgehead atoms. The summed E-state index contributed by atoms with van der Waals surface area (Å²) in [5.41, 5.74) is 2.66. The average Bonchev–Trinajstić information content (AvgIpc) is 2.69. The highest BCUT2D eigenvalue weighted by Gasteiger charge is 2.28. The van der Waals surface area contributed by atoms with Gasteiger partial charge in [-0.1, -0.05) is 20.8 Å². The fraction of sp³-hybridized carbons (Fsp3) is 0.800. The lowest BCUT2D eigenvalue weighted by Crippen LogP contribution is -2.48. The van der Waals surface area contributed by atoms with Crippen molar-refractivity contribution in [2.24, 2.45) is 7.05 Å². The topological polar surface area (TPSA) is 39.1 Å². The van der Waals surface area contributed by atoms with E-state index >= 15 is 0 Å². The number of nitrogens with zero attached hydrogens (tertiary/aromatic N) is 2. The van der Waals surface area contributed by atoms with Gasteiger partial charge >= 0.3 is 0 Å². The van der Waals surface area contributed by atoms with Crippen molar-refractivity contribution in [3.8, 4) is 0 Å². The third kappa shape index (κ3) is 3.57. The first-order valence-corrected chi connectivity index (χ1v) is 7.16. The Hall–Kier alpha value is -0.870. The van der Waals surface area contributed by atoms with Gasteiger partial charge in [0.15, 0.2) is 0 Å². The summed E-state index contributed by atoms with van der Waals surface area (Å²) in [7, 11) is 1.99. The second kappa shape index (κ2) is 5.25. The SMILES string of the molecule is Cn1cc(CNC2(C)CCCOC2)c(C(C)(C)C)n1. The molecule has 1 aliphatic heterocycles. The number of nitrogens with one attached hydrogen (secondary N) is 1. The summed E-state index contributed by atoms with van der Waals surface area (Å²) in [5.74, 6) is 0. The third-order valence-electron chi connectivity index (χ3n) is 3.76. The van der Waals surface area contributed by atoms with E-state index in [2.05, 4.69) is 44.3 Å². The van der Waals surface area contributed by atoms with Gasteiger partial charge in [0.1, 0.15) is 0 Å². The molecule has 2 heterocycles. The van der Waals surface area contributed by atoms with Crippen LogP contribution in [0, 0.1) is 0 Å². The fourth-order valence-electron chi connectivity index (χ4n) is 2.68. The van der Waals surface area contributed by atoms with E-state index < -0.39 is 0 Å². The van der Waals surface area contributed by atoms with Gasteiger partial charge in [-0.05, 0) is 19.8 Å². The maximum Gasteiger partial charge on any atom is 0.0722 e. The molecule has 4 heteroatoms. The lowest BCUT2D eigenvalue weighted by atomic mass is 9.89. The van der Waals surface area contributed by atoms with Crippen LogP contribution in [-0.2, 0) is 23.7 Å². The molecule has 0 radical (unpaired) electrons. The zero-order chi connectivity index (χ0) is 14.1. The number of hydrogen-bond donors (Lipinski definition) is 1. The lowest BCUT2D eigenvalue weighted by Gasteiger charge is -2.34. The van der Waals surface area contributed by atoms with Crippen molar-refractivity contribution in [3.05, 3.63) is 17.5 Å². The molecule has 2 rings (SSSR count). The number of ether oxygens (including phenoxy) is 1. The van der Waals surface area contributed by atoms with Crippen molar-refractivity contribution in [3.63, 3.8) is 0 Å². The Bertz CT molecular complexity index is 425. The van der Waals surface area contributed by atoms with E-state index in [1.807, 2.05) is 11.7 Å². The van der Waals surface area contributed by atoms with Crippen molar-refractivity contribution in [2.75, 3.05) is 13.2 Å². The van der Waals surface area contributed by atoms with Crippen LogP contribution in [-0.4, -0.2) is 28.5 Å². The highest BCUT2D eigenvalue weighted by Crippen LogP contribution is 2.25. The summed E-state index contributed by atoms with van der Waals surface area (Å²) >= 11 is 0. The van der Waals surface area contributed by atoms with Gasteiger partial charge in [-0.25, -0.2) is 0 Å². The number of aryl methyl sites for hydroxylation is 1. The van der Waals surface area contributed by atoms with Crippen LogP contribution in [0.2, 0.25) is 0 Å². The Balaban J connectivity index is 2.07. The predicted octanol–water partition coefficient (Wildman–Crippen LogP) is 2.38. The minimum atomic E-state index is 0.0856. The van der Waals surface area contributed by atoms with Crippen LogP contribution in [0.5, 0.6) is 0 Å². The molecule has 1 fully saturated rings. The summed E-state index contributed by atoms with van der Waals surface area (Å²) in [6, 6.07) is 0. The van der Waals surface area contributed by atoms with E-state index in [1.165, 1.54) is 17.7 Å². The highest BCUT2D eigenvalue weighted by atomic mass is 16.5. The molecule has 1 N–H and O–H groups in total. The Morgan fingerprint density at radius 2 is 2.21 bits per heavy atom. The van der Waals surface area contributed by atoms with E-state index in [4.69, 9.17) is 4.74 Å². The molecule has 1 aliphatic rings. The number of rotatable bonds is 3. The van der Waals surface area contributed by atoms with Crippen LogP contribution in [0.4, 0.5) is 0 Å². The molecule has 1 aromatic heterocycles. The van der Waals surface area contributed by atoms with Gasteiger partial charge in [-0.3, -0.25) is 4.68 Å². The van der Waals surface area contributed by atoms with Crippen LogP contribution in [0.3, 0.4) is 0 Å². The maximum atomic E-state index is 5.59. The molecule has 19 heavy (non-hydrogen) atoms. The molecule has 108 valence electrons. The Kier molecular flexibility index (Phi) is 4.02. The van der Waals surface area contributed by atoms with Gasteiger partial charge in [0, 0.05) is 42.9 Å². The molecule has 1 saturated heterocycles. The van der Waals surface area contributed by atoms with Gasteiger partial charge in [0.25, 0.3) is 0 Å². The minimum Gasteiger partial charge on any atom is -0.380 e. The van der Waals surface area contributed by atoms with Crippen LogP contribution in [0.1, 0.15) is 51.8 Å². The molecule has 1 atom stereocenters. The molecule has 0 aliphatic carbocycles. The van der Waals surface area contributed by atoms with Crippen LogP contribution in [0.25, 0.3) is 0 Å². The number of aromatic nitrogens is 2. The quantitative estimate of drug-likeness (QED) is 0.912. The Labute approximate surface area is 116 Å². The first kappa shape index (κ1) is 14.5. The number of hydrogen-bond acceptors (Lipinski definition) is 3. The summed E-state index contributed by atoms with van der Waals surface area (Å²) in [4.78, 5) is 0. The van der Waals surface area contributed by atoms with Gasteiger partial charge in [-0.2, -0.15) is 5.10 Å². The zero-order valence-electron chi connectivity index (χ0n) is 12.9. The largest absolute Gasteiger partial charge is 0.380 e. The molecular weight excluding hydrogens is 238 g/mol. The molecule has 0 amide bonds. The van der Waals surface area contributed by atoms with E-state index in [0.29, 0.717) is 0 Å². The standard InChI is InChI=1S/C15H27N3O/c1-14(2,3)13-12(10-18(5)17-13)9-16-15(4)7-6-8-19-11-15/h10,16H,6-9,11H2,1-5H3. The first-order chi connectivity index (χ1) is 8.80. The van der Waals surface area contributed by atoms with Gasteiger partial charge in [0.05, 0.1) is 12.3 Å². The molecule has 1 unspecified atom stereocenters. The van der Waals surface area contributed by atoms with Gasteiger partial charge in [-0.15, -0.1) is 0 Å². The Morgan fingerprint density at radius 1 is 1.47 bits per heavy atom. The van der Waals surface area contributed by atoms with Gasteiger partial charge < -0.3 is 10.1 Å². The normalized spacial score (nSPS) is 24.7. The Morgan fingerprint density at radius 3 is 2.79 bits per heavy atom. The van der Waals surface area contributed by atoms with Crippen molar-refractivity contribution in [1.29, 1.82) is 0 Å². The van der Waals surface area contributed by atoms with Crippen LogP contribution in [0.15, 0.2) is 6.20 Å². The summed E-state index contributed by atoms with van der Waals surface area (Å²) in [5, 5.41) is 8.28. The third-order valence-corrected chi connectivity index (χ3v) is 3.76. The van der Waals surface area contributed by atoms with Crippen molar-refractivity contribution in [2.45, 2.75) is 58.0 Å². The van der Waals surface area contributed by atoms with Crippen molar-refractivity contribution < 1.29 is 4.74 Å². The lowest BCUT2D eigenvalue weighted by molar-refractivity contribution is 0.0277. The zero-order valence-corrected chi connectivity index (χ0v) is 12.9. The molecule has 1 aromatic rings. The smallest absolute Gasteiger partial charge is 0.0722 e. The van der Waals surface area contributed by atoms with E-state index in [9.17, 15) is 0 Å². The monoisotopic (exact) mass is 265 g/mol. The summed E-state index contributed by atoms with van der Waals surface area (Å²) < 4.78 is 7.51. The molecule has 0 aromatic carbocycles. The van der Waals surface area contributed by atoms with Crippen LogP contribution >= 0.6 is 0 Å². The summed E-state index contributed by atoms with van der Waals surface area (Å²) in [6.07, 6.45) is 4.45. The van der Waals surface area contributed by atoms with Crippen LogP contribution < -0.4 is 5.32 Å². The van der Waals surface area contributed by atoms with E-state index in [0.717, 1.165) is 26.2 Å². The first-order valence-electron chi connectivity index (χ1n) is 7.16. The average molecular weight is 265 g/mol. The predicted molar refractivity (Wildman–Crippen MR) is 77.2 cm³/mol. The maximum absolute atomic E-state index is 5.59. The highest BCUT2D eigenvalue weighted by molar-refractivity contribution is 5.24. The van der Waals surface area contributed by atoms with Gasteiger partial charge in [0.2, 0.25) is 0 Å². The second-order valence-electron chi connectivity index (χ2n) is 7.00. The van der Waals surface area contributed by atoms with E-state index in [1.54, 1.807) is 0 Å². The minimum absolute atomic E-state index is 0.0856. The second-order valence-corrected chi connectivity index (χ2v) is 7.00.